The van der Waals surface area contributed by atoms with Gasteiger partial charge in [-0.1, -0.05) is 0 Å². The fourth-order valence-corrected chi connectivity index (χ4v) is 1.73. The van der Waals surface area contributed by atoms with Crippen molar-refractivity contribution in [2.45, 2.75) is 0 Å². The third kappa shape index (κ3) is 2.46. The lowest BCUT2D eigenvalue weighted by molar-refractivity contribution is 0.0597. The maximum Gasteiger partial charge on any atom is 0.341 e. The smallest absolute Gasteiger partial charge is 0.341 e. The van der Waals surface area contributed by atoms with Crippen molar-refractivity contribution in [2.75, 3.05) is 7.11 Å². The summed E-state index contributed by atoms with van der Waals surface area (Å²) in [5.74, 6) is -0.566. The molecule has 0 aliphatic rings. The van der Waals surface area contributed by atoms with Crippen molar-refractivity contribution in [1.82, 2.24) is 0 Å². The van der Waals surface area contributed by atoms with Gasteiger partial charge >= 0.3 is 5.97 Å². The van der Waals surface area contributed by atoms with Crippen LogP contribution in [0.3, 0.4) is 0 Å². The standard InChI is InChI=1S/C8H6I2O3/c1-13-8(12)4-2-5(9)6(10)3-7(4)11/h2-3,11H,1H3. The van der Waals surface area contributed by atoms with E-state index in [-0.39, 0.29) is 11.3 Å². The Balaban J connectivity index is 3.23. The number of carbonyl (C=O) groups is 1. The van der Waals surface area contributed by atoms with Crippen LogP contribution in [0.4, 0.5) is 0 Å². The van der Waals surface area contributed by atoms with E-state index in [1.54, 1.807) is 6.07 Å². The molecule has 0 heterocycles. The predicted molar refractivity (Wildman–Crippen MR) is 64.9 cm³/mol. The fourth-order valence-electron chi connectivity index (χ4n) is 0.810. The topological polar surface area (TPSA) is 46.5 Å². The second kappa shape index (κ2) is 4.45. The first-order chi connectivity index (χ1) is 6.06. The van der Waals surface area contributed by atoms with E-state index in [0.717, 1.165) is 7.14 Å². The number of ether oxygens (including phenoxy) is 1. The van der Waals surface area contributed by atoms with E-state index in [1.165, 1.54) is 13.2 Å². The zero-order valence-electron chi connectivity index (χ0n) is 6.67. The van der Waals surface area contributed by atoms with Gasteiger partial charge in [0.1, 0.15) is 11.3 Å². The van der Waals surface area contributed by atoms with E-state index in [4.69, 9.17) is 0 Å². The summed E-state index contributed by atoms with van der Waals surface area (Å²) in [6.07, 6.45) is 0. The van der Waals surface area contributed by atoms with Gasteiger partial charge in [-0.15, -0.1) is 0 Å². The van der Waals surface area contributed by atoms with E-state index in [2.05, 4.69) is 49.9 Å². The Bertz CT molecular complexity index is 349. The highest BCUT2D eigenvalue weighted by Gasteiger charge is 2.13. The summed E-state index contributed by atoms with van der Waals surface area (Å²) in [5, 5.41) is 9.41. The van der Waals surface area contributed by atoms with Crippen molar-refractivity contribution in [1.29, 1.82) is 0 Å². The van der Waals surface area contributed by atoms with Crippen molar-refractivity contribution in [2.24, 2.45) is 0 Å². The lowest BCUT2D eigenvalue weighted by Crippen LogP contribution is -2.02. The van der Waals surface area contributed by atoms with Crippen LogP contribution in [0.25, 0.3) is 0 Å². The lowest BCUT2D eigenvalue weighted by atomic mass is 10.2. The Morgan fingerprint density at radius 1 is 1.38 bits per heavy atom. The van der Waals surface area contributed by atoms with Gasteiger partial charge in [-0.25, -0.2) is 4.79 Å². The van der Waals surface area contributed by atoms with Crippen LogP contribution in [-0.4, -0.2) is 18.2 Å². The van der Waals surface area contributed by atoms with E-state index in [1.807, 2.05) is 0 Å². The molecule has 13 heavy (non-hydrogen) atoms. The molecule has 1 N–H and O–H groups in total. The van der Waals surface area contributed by atoms with Crippen molar-refractivity contribution < 1.29 is 14.6 Å². The summed E-state index contributed by atoms with van der Waals surface area (Å²) >= 11 is 4.17. The van der Waals surface area contributed by atoms with Gasteiger partial charge in [0, 0.05) is 7.14 Å². The van der Waals surface area contributed by atoms with Crippen LogP contribution in [0.2, 0.25) is 0 Å². The summed E-state index contributed by atoms with van der Waals surface area (Å²) in [7, 11) is 1.28. The highest BCUT2D eigenvalue weighted by Crippen LogP contribution is 2.25. The summed E-state index contributed by atoms with van der Waals surface area (Å²) in [6.45, 7) is 0. The van der Waals surface area contributed by atoms with Gasteiger partial charge in [-0.2, -0.15) is 0 Å². The number of phenolic OH excluding ortho intramolecular Hbond substituents is 1. The van der Waals surface area contributed by atoms with Crippen LogP contribution in [0.5, 0.6) is 5.75 Å². The Labute approximate surface area is 103 Å². The lowest BCUT2D eigenvalue weighted by Gasteiger charge is -2.04. The van der Waals surface area contributed by atoms with Gasteiger partial charge in [-0.3, -0.25) is 0 Å². The average molecular weight is 404 g/mol. The fraction of sp³-hybridized carbons (Fsp3) is 0.125. The van der Waals surface area contributed by atoms with E-state index >= 15 is 0 Å². The van der Waals surface area contributed by atoms with Crippen LogP contribution >= 0.6 is 45.2 Å². The third-order valence-corrected chi connectivity index (χ3v) is 4.26. The molecule has 0 amide bonds. The normalized spacial score (nSPS) is 9.77. The zero-order chi connectivity index (χ0) is 10.0. The third-order valence-electron chi connectivity index (χ3n) is 1.44. The average Bonchev–Trinajstić information content (AvgIpc) is 2.10. The first-order valence-corrected chi connectivity index (χ1v) is 5.48. The number of methoxy groups -OCH3 is 1. The zero-order valence-corrected chi connectivity index (χ0v) is 11.0. The molecule has 0 bridgehead atoms. The molecule has 0 saturated heterocycles. The number of carbonyl (C=O) groups excluding carboxylic acids is 1. The molecule has 0 aliphatic heterocycles. The van der Waals surface area contributed by atoms with Crippen LogP contribution in [-0.2, 0) is 4.74 Å². The van der Waals surface area contributed by atoms with E-state index in [9.17, 15) is 9.90 Å². The summed E-state index contributed by atoms with van der Waals surface area (Å²) in [6, 6.07) is 3.14. The van der Waals surface area contributed by atoms with Crippen molar-refractivity contribution in [3.05, 3.63) is 24.8 Å². The van der Waals surface area contributed by atoms with Crippen LogP contribution in [0.1, 0.15) is 10.4 Å². The number of hydrogen-bond donors (Lipinski definition) is 1. The molecule has 70 valence electrons. The minimum atomic E-state index is -0.521. The molecule has 0 saturated carbocycles. The van der Waals surface area contributed by atoms with Gasteiger partial charge in [0.15, 0.2) is 0 Å². The molecule has 0 fully saturated rings. The van der Waals surface area contributed by atoms with Gasteiger partial charge < -0.3 is 9.84 Å². The molecule has 1 aromatic rings. The van der Waals surface area contributed by atoms with Crippen molar-refractivity contribution >= 4 is 51.2 Å². The van der Waals surface area contributed by atoms with Crippen LogP contribution < -0.4 is 0 Å². The van der Waals surface area contributed by atoms with Gasteiger partial charge in [0.25, 0.3) is 0 Å². The molecule has 0 spiro atoms. The highest BCUT2D eigenvalue weighted by molar-refractivity contribution is 14.1. The number of esters is 1. The summed E-state index contributed by atoms with van der Waals surface area (Å²) in [4.78, 5) is 11.1. The summed E-state index contributed by atoms with van der Waals surface area (Å²) in [5.41, 5.74) is 0.201. The van der Waals surface area contributed by atoms with Crippen molar-refractivity contribution in [3.8, 4) is 5.75 Å². The molecule has 0 atom stereocenters. The second-order valence-corrected chi connectivity index (χ2v) is 4.60. The molecule has 0 unspecified atom stereocenters. The minimum absolute atomic E-state index is 0.0448. The molecule has 0 aromatic heterocycles. The molecular formula is C8H6I2O3. The number of phenols is 1. The second-order valence-electron chi connectivity index (χ2n) is 2.28. The van der Waals surface area contributed by atoms with Gasteiger partial charge in [-0.05, 0) is 57.3 Å². The Kier molecular flexibility index (Phi) is 3.77. The van der Waals surface area contributed by atoms with Crippen LogP contribution in [0.15, 0.2) is 12.1 Å². The summed E-state index contributed by atoms with van der Waals surface area (Å²) < 4.78 is 6.33. The Hall–Kier alpha value is -0.0500. The first kappa shape index (κ1) is 11.0. The number of hydrogen-bond acceptors (Lipinski definition) is 3. The maximum absolute atomic E-state index is 11.1. The molecule has 1 rings (SSSR count). The Morgan fingerprint density at radius 2 is 1.92 bits per heavy atom. The van der Waals surface area contributed by atoms with E-state index < -0.39 is 5.97 Å². The first-order valence-electron chi connectivity index (χ1n) is 3.32. The molecule has 3 nitrogen and oxygen atoms in total. The number of aromatic hydroxyl groups is 1. The monoisotopic (exact) mass is 404 g/mol. The molecule has 1 aromatic carbocycles. The molecule has 5 heteroatoms. The number of rotatable bonds is 1. The van der Waals surface area contributed by atoms with Gasteiger partial charge in [0.05, 0.1) is 7.11 Å². The SMILES string of the molecule is COC(=O)c1cc(I)c(I)cc1O. The largest absolute Gasteiger partial charge is 0.507 e. The maximum atomic E-state index is 11.1. The number of halogens is 2. The van der Waals surface area contributed by atoms with Gasteiger partial charge in [0.2, 0.25) is 0 Å². The highest BCUT2D eigenvalue weighted by atomic mass is 127. The molecular weight excluding hydrogens is 398 g/mol. The molecule has 0 radical (unpaired) electrons. The predicted octanol–water partition coefficient (Wildman–Crippen LogP) is 2.39. The van der Waals surface area contributed by atoms with E-state index in [0.29, 0.717) is 0 Å². The molecule has 0 aliphatic carbocycles. The van der Waals surface area contributed by atoms with Crippen molar-refractivity contribution in [3.63, 3.8) is 0 Å². The number of benzene rings is 1. The minimum Gasteiger partial charge on any atom is -0.507 e. The van der Waals surface area contributed by atoms with Crippen LogP contribution in [0, 0.1) is 7.14 Å². The Morgan fingerprint density at radius 3 is 2.46 bits per heavy atom. The quantitative estimate of drug-likeness (QED) is 0.578.